The van der Waals surface area contributed by atoms with Gasteiger partial charge in [0, 0.05) is 0 Å². The van der Waals surface area contributed by atoms with Gasteiger partial charge in [0.15, 0.2) is 0 Å². The van der Waals surface area contributed by atoms with Gasteiger partial charge in [-0.25, -0.2) is 0 Å². The third kappa shape index (κ3) is 3.54. The Kier molecular flexibility index (Phi) is 6.02. The maximum absolute atomic E-state index is 9.22. The van der Waals surface area contributed by atoms with Crippen molar-refractivity contribution in [3.63, 3.8) is 0 Å². The minimum atomic E-state index is -0.0233. The minimum absolute atomic E-state index is 0.0233. The molecule has 0 fully saturated rings. The SMILES string of the molecule is CS.N#CC1C=CC(c2c3ccccc3c(-c3ccccc3)c3ccccc23)=CC1. The van der Waals surface area contributed by atoms with E-state index >= 15 is 0 Å². The van der Waals surface area contributed by atoms with Crippen molar-refractivity contribution in [1.29, 1.82) is 5.26 Å². The van der Waals surface area contributed by atoms with Crippen molar-refractivity contribution in [2.45, 2.75) is 6.42 Å². The van der Waals surface area contributed by atoms with E-state index in [4.69, 9.17) is 0 Å². The molecular formula is C28H23NS. The molecule has 0 spiro atoms. The summed E-state index contributed by atoms with van der Waals surface area (Å²) in [7, 11) is 0. The van der Waals surface area contributed by atoms with Gasteiger partial charge in [0.05, 0.1) is 12.0 Å². The second-order valence-electron chi connectivity index (χ2n) is 7.20. The van der Waals surface area contributed by atoms with Gasteiger partial charge in [0.25, 0.3) is 0 Å². The normalized spacial score (nSPS) is 15.2. The maximum Gasteiger partial charge on any atom is 0.0700 e. The van der Waals surface area contributed by atoms with Gasteiger partial charge in [-0.15, -0.1) is 0 Å². The van der Waals surface area contributed by atoms with Crippen LogP contribution in [0.5, 0.6) is 0 Å². The van der Waals surface area contributed by atoms with Crippen LogP contribution in [0.4, 0.5) is 0 Å². The first-order valence-electron chi connectivity index (χ1n) is 10.1. The second kappa shape index (κ2) is 9.03. The van der Waals surface area contributed by atoms with Gasteiger partial charge >= 0.3 is 0 Å². The third-order valence-electron chi connectivity index (χ3n) is 5.55. The van der Waals surface area contributed by atoms with E-state index in [2.05, 4.69) is 110 Å². The topological polar surface area (TPSA) is 23.8 Å². The molecule has 0 heterocycles. The molecule has 1 aliphatic carbocycles. The molecule has 0 saturated carbocycles. The third-order valence-corrected chi connectivity index (χ3v) is 5.55. The van der Waals surface area contributed by atoms with Gasteiger partial charge in [-0.3, -0.25) is 0 Å². The molecule has 4 aromatic carbocycles. The molecule has 146 valence electrons. The number of nitrogens with zero attached hydrogens (tertiary/aromatic N) is 1. The standard InChI is InChI=1S/C27H19N.CH4S/c28-18-19-14-16-21(17-15-19)27-24-12-6-4-10-22(24)26(20-8-2-1-3-9-20)23-11-5-7-13-25(23)27;1-2/h1-14,16-17,19H,15H2;2H,1H3. The molecule has 2 heteroatoms. The smallest absolute Gasteiger partial charge is 0.0700 e. The lowest BCUT2D eigenvalue weighted by atomic mass is 9.84. The van der Waals surface area contributed by atoms with Gasteiger partial charge in [0.1, 0.15) is 0 Å². The van der Waals surface area contributed by atoms with E-state index in [0.717, 1.165) is 6.42 Å². The molecule has 1 nitrogen and oxygen atoms in total. The molecular weight excluding hydrogens is 382 g/mol. The molecule has 0 bridgehead atoms. The summed E-state index contributed by atoms with van der Waals surface area (Å²) in [6.07, 6.45) is 8.83. The Morgan fingerprint density at radius 2 is 1.23 bits per heavy atom. The Bertz CT molecular complexity index is 1240. The van der Waals surface area contributed by atoms with Crippen LogP contribution < -0.4 is 0 Å². The molecule has 1 aliphatic rings. The highest BCUT2D eigenvalue weighted by Gasteiger charge is 2.18. The number of thiol groups is 1. The Balaban J connectivity index is 0.00000106. The molecule has 1 atom stereocenters. The van der Waals surface area contributed by atoms with Gasteiger partial charge in [-0.1, -0.05) is 97.1 Å². The number of hydrogen-bond donors (Lipinski definition) is 1. The average Bonchev–Trinajstić information content (AvgIpc) is 2.84. The number of nitriles is 1. The Labute approximate surface area is 183 Å². The minimum Gasteiger partial charge on any atom is -0.198 e. The van der Waals surface area contributed by atoms with Crippen LogP contribution in [0.3, 0.4) is 0 Å². The van der Waals surface area contributed by atoms with Crippen LogP contribution in [-0.4, -0.2) is 6.26 Å². The van der Waals surface area contributed by atoms with Gasteiger partial charge < -0.3 is 0 Å². The maximum atomic E-state index is 9.22. The zero-order valence-electron chi connectivity index (χ0n) is 16.9. The van der Waals surface area contributed by atoms with Crippen LogP contribution in [0.15, 0.2) is 97.1 Å². The fourth-order valence-electron chi connectivity index (χ4n) is 4.26. The number of rotatable bonds is 2. The van der Waals surface area contributed by atoms with Crippen molar-refractivity contribution in [2.24, 2.45) is 5.92 Å². The number of fused-ring (bicyclic) bond motifs is 2. The largest absolute Gasteiger partial charge is 0.198 e. The number of benzene rings is 4. The summed E-state index contributed by atoms with van der Waals surface area (Å²) in [5.74, 6) is -0.0233. The van der Waals surface area contributed by atoms with E-state index < -0.39 is 0 Å². The average molecular weight is 406 g/mol. The lowest BCUT2D eigenvalue weighted by Crippen LogP contribution is -1.98. The lowest BCUT2D eigenvalue weighted by Gasteiger charge is -2.19. The summed E-state index contributed by atoms with van der Waals surface area (Å²) in [5, 5.41) is 14.3. The van der Waals surface area contributed by atoms with Gasteiger partial charge in [-0.2, -0.15) is 17.9 Å². The molecule has 30 heavy (non-hydrogen) atoms. The van der Waals surface area contributed by atoms with Crippen molar-refractivity contribution < 1.29 is 0 Å². The molecule has 0 amide bonds. The highest BCUT2D eigenvalue weighted by molar-refractivity contribution is 7.79. The highest BCUT2D eigenvalue weighted by atomic mass is 32.1. The summed E-state index contributed by atoms with van der Waals surface area (Å²) >= 11 is 3.53. The van der Waals surface area contributed by atoms with E-state index in [9.17, 15) is 5.26 Å². The van der Waals surface area contributed by atoms with Crippen LogP contribution in [0.25, 0.3) is 38.2 Å². The fourth-order valence-corrected chi connectivity index (χ4v) is 4.26. The van der Waals surface area contributed by atoms with E-state index in [0.29, 0.717) is 0 Å². The molecule has 0 aliphatic heterocycles. The first-order chi connectivity index (χ1) is 14.9. The summed E-state index contributed by atoms with van der Waals surface area (Å²) in [6.45, 7) is 0. The van der Waals surface area contributed by atoms with Crippen molar-refractivity contribution in [2.75, 3.05) is 6.26 Å². The van der Waals surface area contributed by atoms with Gasteiger partial charge in [-0.05, 0) is 56.5 Å². The predicted octanol–water partition coefficient (Wildman–Crippen LogP) is 7.69. The van der Waals surface area contributed by atoms with Crippen LogP contribution in [0.2, 0.25) is 0 Å². The van der Waals surface area contributed by atoms with Crippen LogP contribution in [0.1, 0.15) is 12.0 Å². The van der Waals surface area contributed by atoms with E-state index in [1.807, 2.05) is 6.08 Å². The number of allylic oxidation sites excluding steroid dienone is 4. The molecule has 0 N–H and O–H groups in total. The summed E-state index contributed by atoms with van der Waals surface area (Å²) in [4.78, 5) is 0. The van der Waals surface area contributed by atoms with E-state index in [1.54, 1.807) is 6.26 Å². The molecule has 1 unspecified atom stereocenters. The Hall–Kier alpha value is -3.28. The van der Waals surface area contributed by atoms with Crippen LogP contribution in [0, 0.1) is 17.2 Å². The molecule has 0 saturated heterocycles. The first-order valence-corrected chi connectivity index (χ1v) is 11.0. The van der Waals surface area contributed by atoms with Crippen molar-refractivity contribution in [3.05, 3.63) is 103 Å². The first kappa shape index (κ1) is 20.0. The van der Waals surface area contributed by atoms with Crippen molar-refractivity contribution in [3.8, 4) is 17.2 Å². The van der Waals surface area contributed by atoms with Crippen LogP contribution in [-0.2, 0) is 0 Å². The Morgan fingerprint density at radius 3 is 1.70 bits per heavy atom. The Morgan fingerprint density at radius 1 is 0.733 bits per heavy atom. The summed E-state index contributed by atoms with van der Waals surface area (Å²) in [6, 6.07) is 30.3. The zero-order chi connectivity index (χ0) is 20.9. The van der Waals surface area contributed by atoms with Gasteiger partial charge in [0.2, 0.25) is 0 Å². The molecule has 5 rings (SSSR count). The monoisotopic (exact) mass is 405 g/mol. The van der Waals surface area contributed by atoms with Crippen molar-refractivity contribution in [1.82, 2.24) is 0 Å². The highest BCUT2D eigenvalue weighted by Crippen LogP contribution is 2.42. The molecule has 0 aromatic heterocycles. The van der Waals surface area contributed by atoms with E-state index in [1.165, 1.54) is 43.8 Å². The lowest BCUT2D eigenvalue weighted by molar-refractivity contribution is 0.841. The predicted molar refractivity (Wildman–Crippen MR) is 133 cm³/mol. The number of hydrogen-bond acceptors (Lipinski definition) is 2. The summed E-state index contributed by atoms with van der Waals surface area (Å²) < 4.78 is 0. The zero-order valence-corrected chi connectivity index (χ0v) is 17.8. The second-order valence-corrected chi connectivity index (χ2v) is 7.20. The molecule has 0 radical (unpaired) electrons. The summed E-state index contributed by atoms with van der Waals surface area (Å²) in [5.41, 5.74) is 4.99. The van der Waals surface area contributed by atoms with Crippen molar-refractivity contribution >= 4 is 39.7 Å². The molecule has 4 aromatic rings. The van der Waals surface area contributed by atoms with Crippen LogP contribution >= 0.6 is 12.6 Å². The fraction of sp³-hybridized carbons (Fsp3) is 0.107. The van der Waals surface area contributed by atoms with E-state index in [-0.39, 0.29) is 5.92 Å². The quantitative estimate of drug-likeness (QED) is 0.268.